The Labute approximate surface area is 60.7 Å². The largest absolute Gasteiger partial charge is 0.481 e. The van der Waals surface area contributed by atoms with Crippen LogP contribution in [0, 0.1) is 5.92 Å². The van der Waals surface area contributed by atoms with Gasteiger partial charge in [-0.15, -0.1) is 0 Å². The summed E-state index contributed by atoms with van der Waals surface area (Å²) >= 11 is 0. The lowest BCUT2D eigenvalue weighted by Gasteiger charge is -2.11. The van der Waals surface area contributed by atoms with Gasteiger partial charge < -0.3 is 10.2 Å². The molecule has 0 aromatic carbocycles. The number of aliphatic hydroxyl groups excluding tert-OH is 1. The van der Waals surface area contributed by atoms with Crippen molar-refractivity contribution in [2.45, 2.75) is 32.8 Å². The first-order valence-electron chi connectivity index (χ1n) is 3.44. The third-order valence-corrected chi connectivity index (χ3v) is 1.42. The van der Waals surface area contributed by atoms with E-state index >= 15 is 0 Å². The van der Waals surface area contributed by atoms with Crippen LogP contribution < -0.4 is 0 Å². The minimum atomic E-state index is -0.847. The maximum Gasteiger partial charge on any atom is 0.303 e. The van der Waals surface area contributed by atoms with Gasteiger partial charge in [0.1, 0.15) is 0 Å². The maximum absolute atomic E-state index is 10.0. The standard InChI is InChI=1S/C7H14O3/c1-5(2)6(8)3-4-7(9)10/h5-6,8H,3-4H2,1-2H3,(H,9,10)/t6-/m0/s1. The molecule has 0 bridgehead atoms. The molecule has 0 amide bonds. The molecule has 1 atom stereocenters. The van der Waals surface area contributed by atoms with E-state index in [1.807, 2.05) is 13.8 Å². The molecule has 0 spiro atoms. The molecule has 3 nitrogen and oxygen atoms in total. The molecule has 0 aliphatic carbocycles. The van der Waals surface area contributed by atoms with E-state index in [0.29, 0.717) is 6.42 Å². The Morgan fingerprint density at radius 2 is 2.00 bits per heavy atom. The highest BCUT2D eigenvalue weighted by Crippen LogP contribution is 2.07. The summed E-state index contributed by atoms with van der Waals surface area (Å²) in [6.07, 6.45) is -0.0668. The number of carboxylic acids is 1. The number of rotatable bonds is 4. The fourth-order valence-corrected chi connectivity index (χ4v) is 0.605. The molecule has 3 heteroatoms. The molecule has 0 aliphatic rings. The van der Waals surface area contributed by atoms with E-state index in [0.717, 1.165) is 0 Å². The zero-order valence-corrected chi connectivity index (χ0v) is 6.37. The minimum absolute atomic E-state index is 0.0549. The Morgan fingerprint density at radius 1 is 1.50 bits per heavy atom. The van der Waals surface area contributed by atoms with E-state index in [2.05, 4.69) is 0 Å². The van der Waals surface area contributed by atoms with Gasteiger partial charge in [0.2, 0.25) is 0 Å². The molecule has 0 radical (unpaired) electrons. The van der Waals surface area contributed by atoms with Gasteiger partial charge in [-0.05, 0) is 12.3 Å². The Hall–Kier alpha value is -0.570. The fourth-order valence-electron chi connectivity index (χ4n) is 0.605. The average molecular weight is 146 g/mol. The van der Waals surface area contributed by atoms with Gasteiger partial charge in [-0.25, -0.2) is 0 Å². The summed E-state index contributed by atoms with van der Waals surface area (Å²) in [5.41, 5.74) is 0. The van der Waals surface area contributed by atoms with E-state index in [9.17, 15) is 4.79 Å². The molecular weight excluding hydrogens is 132 g/mol. The second kappa shape index (κ2) is 4.28. The SMILES string of the molecule is CC(C)[C@@H](O)CCC(=O)O. The fraction of sp³-hybridized carbons (Fsp3) is 0.857. The number of aliphatic carboxylic acids is 1. The van der Waals surface area contributed by atoms with Gasteiger partial charge in [0.05, 0.1) is 6.10 Å². The number of hydrogen-bond donors (Lipinski definition) is 2. The van der Waals surface area contributed by atoms with E-state index in [1.165, 1.54) is 0 Å². The molecule has 0 saturated heterocycles. The molecule has 0 aliphatic heterocycles. The summed E-state index contributed by atoms with van der Waals surface area (Å²) in [5.74, 6) is -0.695. The normalized spacial score (nSPS) is 13.6. The van der Waals surface area contributed by atoms with Crippen LogP contribution in [-0.2, 0) is 4.79 Å². The van der Waals surface area contributed by atoms with Gasteiger partial charge >= 0.3 is 5.97 Å². The van der Waals surface area contributed by atoms with Crippen LogP contribution in [-0.4, -0.2) is 22.3 Å². The van der Waals surface area contributed by atoms with E-state index < -0.39 is 12.1 Å². The molecule has 10 heavy (non-hydrogen) atoms. The molecule has 0 fully saturated rings. The lowest BCUT2D eigenvalue weighted by molar-refractivity contribution is -0.137. The second-order valence-corrected chi connectivity index (χ2v) is 2.74. The topological polar surface area (TPSA) is 57.5 Å². The van der Waals surface area contributed by atoms with Crippen molar-refractivity contribution in [3.8, 4) is 0 Å². The Bertz CT molecular complexity index is 109. The zero-order chi connectivity index (χ0) is 8.15. The monoisotopic (exact) mass is 146 g/mol. The van der Waals surface area contributed by atoms with Crippen LogP contribution >= 0.6 is 0 Å². The lowest BCUT2D eigenvalue weighted by atomic mass is 10.0. The quantitative estimate of drug-likeness (QED) is 0.618. The van der Waals surface area contributed by atoms with Crippen molar-refractivity contribution in [2.75, 3.05) is 0 Å². The highest BCUT2D eigenvalue weighted by atomic mass is 16.4. The van der Waals surface area contributed by atoms with Gasteiger partial charge in [0.15, 0.2) is 0 Å². The van der Waals surface area contributed by atoms with Crippen LogP contribution in [0.1, 0.15) is 26.7 Å². The third kappa shape index (κ3) is 4.32. The highest BCUT2D eigenvalue weighted by Gasteiger charge is 2.10. The van der Waals surface area contributed by atoms with Crippen molar-refractivity contribution >= 4 is 5.97 Å². The predicted octanol–water partition coefficient (Wildman–Crippen LogP) is 0.868. The molecule has 60 valence electrons. The number of aliphatic hydroxyl groups is 1. The van der Waals surface area contributed by atoms with Gasteiger partial charge in [0, 0.05) is 6.42 Å². The van der Waals surface area contributed by atoms with Crippen LogP contribution in [0.4, 0.5) is 0 Å². The molecular formula is C7H14O3. The van der Waals surface area contributed by atoms with Crippen molar-refractivity contribution in [1.29, 1.82) is 0 Å². The van der Waals surface area contributed by atoms with Crippen LogP contribution in [0.5, 0.6) is 0 Å². The summed E-state index contributed by atoms with van der Waals surface area (Å²) in [6, 6.07) is 0. The maximum atomic E-state index is 10.0. The Morgan fingerprint density at radius 3 is 2.30 bits per heavy atom. The Balaban J connectivity index is 3.39. The van der Waals surface area contributed by atoms with Crippen LogP contribution in [0.25, 0.3) is 0 Å². The van der Waals surface area contributed by atoms with Gasteiger partial charge in [-0.2, -0.15) is 0 Å². The predicted molar refractivity (Wildman–Crippen MR) is 37.7 cm³/mol. The molecule has 0 saturated carbocycles. The Kier molecular flexibility index (Phi) is 4.03. The van der Waals surface area contributed by atoms with Gasteiger partial charge in [-0.1, -0.05) is 13.8 Å². The van der Waals surface area contributed by atoms with Crippen molar-refractivity contribution in [1.82, 2.24) is 0 Å². The summed E-state index contributed by atoms with van der Waals surface area (Å²) < 4.78 is 0. The van der Waals surface area contributed by atoms with E-state index in [1.54, 1.807) is 0 Å². The number of hydrogen-bond acceptors (Lipinski definition) is 2. The summed E-state index contributed by atoms with van der Waals surface area (Å²) in [6.45, 7) is 3.74. The first kappa shape index (κ1) is 9.43. The molecule has 2 N–H and O–H groups in total. The van der Waals surface area contributed by atoms with Crippen molar-refractivity contribution in [3.05, 3.63) is 0 Å². The van der Waals surface area contributed by atoms with Crippen molar-refractivity contribution in [2.24, 2.45) is 5.92 Å². The average Bonchev–Trinajstić information content (AvgIpc) is 1.82. The van der Waals surface area contributed by atoms with Crippen LogP contribution in [0.3, 0.4) is 0 Å². The van der Waals surface area contributed by atoms with E-state index in [-0.39, 0.29) is 12.3 Å². The minimum Gasteiger partial charge on any atom is -0.481 e. The second-order valence-electron chi connectivity index (χ2n) is 2.74. The van der Waals surface area contributed by atoms with Crippen molar-refractivity contribution in [3.63, 3.8) is 0 Å². The number of carboxylic acid groups (broad SMARTS) is 1. The molecule has 0 heterocycles. The number of carbonyl (C=O) groups is 1. The molecule has 0 aromatic heterocycles. The van der Waals surface area contributed by atoms with Crippen molar-refractivity contribution < 1.29 is 15.0 Å². The molecule has 0 rings (SSSR count). The van der Waals surface area contributed by atoms with E-state index in [4.69, 9.17) is 10.2 Å². The summed E-state index contributed by atoms with van der Waals surface area (Å²) in [5, 5.41) is 17.3. The summed E-state index contributed by atoms with van der Waals surface area (Å²) in [7, 11) is 0. The van der Waals surface area contributed by atoms with Crippen LogP contribution in [0.15, 0.2) is 0 Å². The first-order valence-corrected chi connectivity index (χ1v) is 3.44. The molecule has 0 unspecified atom stereocenters. The smallest absolute Gasteiger partial charge is 0.303 e. The highest BCUT2D eigenvalue weighted by molar-refractivity contribution is 5.66. The molecule has 0 aromatic rings. The van der Waals surface area contributed by atoms with Gasteiger partial charge in [0.25, 0.3) is 0 Å². The van der Waals surface area contributed by atoms with Crippen LogP contribution in [0.2, 0.25) is 0 Å². The summed E-state index contributed by atoms with van der Waals surface area (Å²) in [4.78, 5) is 10.0. The van der Waals surface area contributed by atoms with Gasteiger partial charge in [-0.3, -0.25) is 4.79 Å². The first-order chi connectivity index (χ1) is 4.54. The third-order valence-electron chi connectivity index (χ3n) is 1.42. The lowest BCUT2D eigenvalue weighted by Crippen LogP contribution is -2.15. The zero-order valence-electron chi connectivity index (χ0n) is 6.37.